The van der Waals surface area contributed by atoms with Crippen molar-refractivity contribution in [2.24, 2.45) is 22.4 Å². The molecule has 2 atom stereocenters. The molecule has 6 nitrogen and oxygen atoms in total. The highest BCUT2D eigenvalue weighted by molar-refractivity contribution is 5.77. The van der Waals surface area contributed by atoms with Gasteiger partial charge in [-0.1, -0.05) is 74.5 Å². The number of carbonyl (C=O) groups excluding carboxylic acids is 2. The maximum Gasteiger partial charge on any atom is 0.204 e. The molecule has 0 spiro atoms. The van der Waals surface area contributed by atoms with Crippen LogP contribution in [-0.4, -0.2) is 31.6 Å². The Balaban J connectivity index is 0. The summed E-state index contributed by atoms with van der Waals surface area (Å²) in [5.41, 5.74) is 15.0. The van der Waals surface area contributed by atoms with Crippen LogP contribution in [0.3, 0.4) is 0 Å². The third-order valence-electron chi connectivity index (χ3n) is 5.78. The number of nitrogens with two attached hydrogens (primary N) is 2. The molecule has 4 N–H and O–H groups in total. The second-order valence-corrected chi connectivity index (χ2v) is 8.89. The summed E-state index contributed by atoms with van der Waals surface area (Å²) in [5, 5.41) is 0. The van der Waals surface area contributed by atoms with Crippen molar-refractivity contribution in [3.8, 4) is 0 Å². The molecule has 3 rings (SSSR count). The number of benzene rings is 2. The molecule has 0 radical (unpaired) electrons. The van der Waals surface area contributed by atoms with Crippen LogP contribution >= 0.6 is 0 Å². The van der Waals surface area contributed by atoms with Crippen molar-refractivity contribution in [1.82, 2.24) is 0 Å². The number of hydrogen-bond acceptors (Lipinski definition) is 4. The highest BCUT2D eigenvalue weighted by Gasteiger charge is 2.27. The van der Waals surface area contributed by atoms with Crippen LogP contribution in [0, 0.1) is 12.8 Å². The topological polar surface area (TPSA) is 102 Å². The number of anilines is 1. The standard InChI is InChI=1S/C13H19N.C12H16.C4H8N2.C2H4O.CH3NO/c1-4-12-10(2)9-11-7-5-6-8-13(11)14(12)3;1-3-4-5-6-12-9-7-11(2)8-10-12;1-3-6-4(2)5;1-2-3;2-1-3/h5-8,10,12H,4,9H2,1-3H3;3,7-10H,1,4-6H2,2H3;3H,1H2,2H3,(H2,5,6);2H,1H3;1H,(H2,2,3). The first kappa shape index (κ1) is 36.5. The Morgan fingerprint density at radius 1 is 1.13 bits per heavy atom. The van der Waals surface area contributed by atoms with Gasteiger partial charge in [-0.25, -0.2) is 4.99 Å². The smallest absolute Gasteiger partial charge is 0.204 e. The van der Waals surface area contributed by atoms with E-state index in [9.17, 15) is 0 Å². The van der Waals surface area contributed by atoms with Crippen LogP contribution in [0.1, 0.15) is 63.6 Å². The fraction of sp³-hybridized carbons (Fsp3) is 0.406. The maximum absolute atomic E-state index is 8.81. The summed E-state index contributed by atoms with van der Waals surface area (Å²) in [4.78, 5) is 23.4. The lowest BCUT2D eigenvalue weighted by atomic mass is 9.86. The molecule has 1 heterocycles. The number of para-hydroxylation sites is 1. The first-order valence-electron chi connectivity index (χ1n) is 13.1. The summed E-state index contributed by atoms with van der Waals surface area (Å²) in [6.45, 7) is 17.0. The summed E-state index contributed by atoms with van der Waals surface area (Å²) in [5.74, 6) is 1.32. The minimum atomic E-state index is 0.250. The van der Waals surface area contributed by atoms with Gasteiger partial charge in [0.1, 0.15) is 6.29 Å². The van der Waals surface area contributed by atoms with E-state index >= 15 is 0 Å². The van der Waals surface area contributed by atoms with Gasteiger partial charge in [0.15, 0.2) is 0 Å². The van der Waals surface area contributed by atoms with Gasteiger partial charge in [0.05, 0.1) is 5.84 Å². The molecule has 2 aromatic rings. The third kappa shape index (κ3) is 16.9. The van der Waals surface area contributed by atoms with E-state index in [1.807, 2.05) is 6.08 Å². The summed E-state index contributed by atoms with van der Waals surface area (Å²) in [7, 11) is 2.22. The number of primary amides is 1. The fourth-order valence-electron chi connectivity index (χ4n) is 4.10. The first-order chi connectivity index (χ1) is 18.2. The van der Waals surface area contributed by atoms with E-state index in [2.05, 4.69) is 105 Å². The van der Waals surface area contributed by atoms with E-state index in [4.69, 9.17) is 15.3 Å². The van der Waals surface area contributed by atoms with E-state index in [1.54, 1.807) is 6.92 Å². The van der Waals surface area contributed by atoms with E-state index in [1.165, 1.54) is 61.2 Å². The van der Waals surface area contributed by atoms with Crippen LogP contribution in [0.4, 0.5) is 5.69 Å². The van der Waals surface area contributed by atoms with Gasteiger partial charge in [0, 0.05) is 25.0 Å². The predicted octanol–water partition coefficient (Wildman–Crippen LogP) is 6.41. The number of nitrogens with zero attached hydrogens (tertiary/aromatic N) is 2. The van der Waals surface area contributed by atoms with E-state index in [-0.39, 0.29) is 6.41 Å². The number of rotatable bonds is 6. The molecule has 210 valence electrons. The molecule has 0 saturated carbocycles. The van der Waals surface area contributed by atoms with Crippen molar-refractivity contribution in [2.45, 2.75) is 72.8 Å². The van der Waals surface area contributed by atoms with Crippen molar-refractivity contribution in [2.75, 3.05) is 11.9 Å². The number of unbranched alkanes of at least 4 members (excludes halogenated alkanes) is 1. The van der Waals surface area contributed by atoms with Crippen molar-refractivity contribution in [3.05, 3.63) is 90.7 Å². The number of carbonyl (C=O) groups is 2. The largest absolute Gasteiger partial charge is 0.387 e. The number of hydrogen-bond donors (Lipinski definition) is 2. The van der Waals surface area contributed by atoms with Gasteiger partial charge < -0.3 is 21.2 Å². The summed E-state index contributed by atoms with van der Waals surface area (Å²) in [6, 6.07) is 18.2. The lowest BCUT2D eigenvalue weighted by Crippen LogP contribution is -2.41. The molecule has 1 amide bonds. The summed E-state index contributed by atoms with van der Waals surface area (Å²) < 4.78 is 0. The molecule has 1 aliphatic rings. The van der Waals surface area contributed by atoms with Gasteiger partial charge in [0.2, 0.25) is 6.41 Å². The Labute approximate surface area is 231 Å². The molecule has 2 unspecified atom stereocenters. The van der Waals surface area contributed by atoms with E-state index < -0.39 is 0 Å². The van der Waals surface area contributed by atoms with Crippen molar-refractivity contribution in [3.63, 3.8) is 0 Å². The fourth-order valence-corrected chi connectivity index (χ4v) is 4.10. The minimum Gasteiger partial charge on any atom is -0.387 e. The molecular formula is C32H50N4O2. The molecule has 2 aromatic carbocycles. The number of fused-ring (bicyclic) bond motifs is 1. The van der Waals surface area contributed by atoms with Crippen LogP contribution in [0.5, 0.6) is 0 Å². The number of amides is 1. The Hall–Kier alpha value is -3.67. The molecular weight excluding hydrogens is 472 g/mol. The highest BCUT2D eigenvalue weighted by Crippen LogP contribution is 2.33. The molecule has 38 heavy (non-hydrogen) atoms. The second kappa shape index (κ2) is 23.7. The Bertz CT molecular complexity index is 929. The Morgan fingerprint density at radius 2 is 1.68 bits per heavy atom. The van der Waals surface area contributed by atoms with Crippen molar-refractivity contribution in [1.29, 1.82) is 0 Å². The average molecular weight is 523 g/mol. The zero-order valence-corrected chi connectivity index (χ0v) is 24.4. The van der Waals surface area contributed by atoms with Crippen LogP contribution in [0.25, 0.3) is 0 Å². The van der Waals surface area contributed by atoms with Gasteiger partial charge in [-0.2, -0.15) is 0 Å². The average Bonchev–Trinajstić information content (AvgIpc) is 2.87. The third-order valence-corrected chi connectivity index (χ3v) is 5.78. The van der Waals surface area contributed by atoms with Gasteiger partial charge in [-0.05, 0) is 76.0 Å². The quantitative estimate of drug-likeness (QED) is 0.150. The van der Waals surface area contributed by atoms with Gasteiger partial charge >= 0.3 is 0 Å². The zero-order chi connectivity index (χ0) is 29.3. The second-order valence-electron chi connectivity index (χ2n) is 8.89. The van der Waals surface area contributed by atoms with Gasteiger partial charge in [-0.3, -0.25) is 4.79 Å². The highest BCUT2D eigenvalue weighted by atomic mass is 16.1. The summed E-state index contributed by atoms with van der Waals surface area (Å²) in [6.07, 6.45) is 10.4. The Kier molecular flexibility index (Phi) is 22.8. The minimum absolute atomic E-state index is 0.250. The Morgan fingerprint density at radius 3 is 2.13 bits per heavy atom. The lowest BCUT2D eigenvalue weighted by molar-refractivity contribution is -0.107. The maximum atomic E-state index is 8.81. The van der Waals surface area contributed by atoms with Crippen LogP contribution in [0.15, 0.2) is 79.0 Å². The van der Waals surface area contributed by atoms with Gasteiger partial charge in [0.25, 0.3) is 0 Å². The number of allylic oxidation sites excluding steroid dienone is 1. The molecule has 0 saturated heterocycles. The number of aldehydes is 1. The summed E-state index contributed by atoms with van der Waals surface area (Å²) >= 11 is 0. The van der Waals surface area contributed by atoms with E-state index in [0.29, 0.717) is 11.9 Å². The van der Waals surface area contributed by atoms with Gasteiger partial charge in [-0.15, -0.1) is 6.58 Å². The van der Waals surface area contributed by atoms with Crippen LogP contribution in [-0.2, 0) is 22.4 Å². The SMILES string of the molecule is C=CCCCc1ccc(C)cc1.C=CN=C(C)N.CC=O.CCC1C(C)Cc2ccccc2N1C.NC=O. The number of aryl methyl sites for hydroxylation is 2. The normalized spacial score (nSPS) is 15.1. The predicted molar refractivity (Wildman–Crippen MR) is 166 cm³/mol. The van der Waals surface area contributed by atoms with Crippen LogP contribution in [0.2, 0.25) is 0 Å². The molecule has 0 aliphatic carbocycles. The molecule has 0 bridgehead atoms. The molecule has 0 aromatic heterocycles. The molecule has 1 aliphatic heterocycles. The number of aliphatic imine (C=N–C) groups is 1. The zero-order valence-electron chi connectivity index (χ0n) is 24.4. The van der Waals surface area contributed by atoms with Crippen LogP contribution < -0.4 is 16.4 Å². The van der Waals surface area contributed by atoms with E-state index in [0.717, 1.165) is 18.6 Å². The number of amidine groups is 1. The first-order valence-corrected chi connectivity index (χ1v) is 13.1. The van der Waals surface area contributed by atoms with Crippen molar-refractivity contribution < 1.29 is 9.59 Å². The molecule has 0 fully saturated rings. The van der Waals surface area contributed by atoms with Crippen molar-refractivity contribution >= 4 is 24.2 Å². The molecule has 6 heteroatoms. The monoisotopic (exact) mass is 522 g/mol. The lowest BCUT2D eigenvalue weighted by Gasteiger charge is -2.40.